The number of rotatable bonds is 6. The van der Waals surface area contributed by atoms with Gasteiger partial charge in [0.15, 0.2) is 0 Å². The van der Waals surface area contributed by atoms with Crippen molar-refractivity contribution in [2.75, 3.05) is 49.5 Å². The molecule has 150 valence electrons. The molecule has 1 saturated heterocycles. The van der Waals surface area contributed by atoms with E-state index in [1.807, 2.05) is 32.0 Å². The van der Waals surface area contributed by atoms with Crippen molar-refractivity contribution >= 4 is 33.9 Å². The number of hydrogen-bond donors (Lipinski definition) is 1. The Morgan fingerprint density at radius 2 is 1.79 bits per heavy atom. The predicted octanol–water partition coefficient (Wildman–Crippen LogP) is 3.30. The number of hydrogen-bond acceptors (Lipinski definition) is 6. The number of esters is 1. The van der Waals surface area contributed by atoms with Gasteiger partial charge in [0.1, 0.15) is 5.00 Å². The van der Waals surface area contributed by atoms with Crippen molar-refractivity contribution in [3.63, 3.8) is 0 Å². The molecule has 1 fully saturated rings. The highest BCUT2D eigenvalue weighted by Crippen LogP contribution is 2.33. The summed E-state index contributed by atoms with van der Waals surface area (Å²) < 4.78 is 5.15. The van der Waals surface area contributed by atoms with E-state index in [1.165, 1.54) is 17.0 Å². The maximum Gasteiger partial charge on any atom is 0.341 e. The zero-order chi connectivity index (χ0) is 20.1. The molecule has 0 saturated carbocycles. The lowest BCUT2D eigenvalue weighted by atomic mass is 10.1. The van der Waals surface area contributed by atoms with E-state index in [0.29, 0.717) is 23.7 Å². The van der Waals surface area contributed by atoms with Gasteiger partial charge in [0.05, 0.1) is 18.7 Å². The van der Waals surface area contributed by atoms with Gasteiger partial charge in [-0.15, -0.1) is 11.3 Å². The molecule has 6 nitrogen and oxygen atoms in total. The monoisotopic (exact) mass is 401 g/mol. The Morgan fingerprint density at radius 3 is 2.43 bits per heavy atom. The van der Waals surface area contributed by atoms with Crippen LogP contribution >= 0.6 is 11.3 Å². The summed E-state index contributed by atoms with van der Waals surface area (Å²) in [5.41, 5.74) is 2.57. The molecule has 0 radical (unpaired) electrons. The molecular formula is C21H27N3O3S. The largest absolute Gasteiger partial charge is 0.462 e. The number of nitrogens with zero attached hydrogens (tertiary/aromatic N) is 2. The Hall–Kier alpha value is -2.38. The van der Waals surface area contributed by atoms with Crippen LogP contribution in [0, 0.1) is 13.8 Å². The first-order chi connectivity index (χ1) is 13.5. The molecule has 3 rings (SSSR count). The second-order valence-corrected chi connectivity index (χ2v) is 8.08. The third-order valence-electron chi connectivity index (χ3n) is 4.98. The highest BCUT2D eigenvalue weighted by molar-refractivity contribution is 7.16. The normalized spacial score (nSPS) is 14.8. The molecule has 1 aliphatic heterocycles. The van der Waals surface area contributed by atoms with Gasteiger partial charge in [0.25, 0.3) is 0 Å². The van der Waals surface area contributed by atoms with Gasteiger partial charge in [-0.05, 0) is 38.5 Å². The van der Waals surface area contributed by atoms with Crippen molar-refractivity contribution < 1.29 is 14.3 Å². The third kappa shape index (κ3) is 4.72. The lowest BCUT2D eigenvalue weighted by Gasteiger charge is -2.35. The van der Waals surface area contributed by atoms with Crippen LogP contribution in [0.3, 0.4) is 0 Å². The van der Waals surface area contributed by atoms with Crippen LogP contribution < -0.4 is 10.2 Å². The minimum Gasteiger partial charge on any atom is -0.462 e. The second-order valence-electron chi connectivity index (χ2n) is 6.85. The van der Waals surface area contributed by atoms with E-state index < -0.39 is 0 Å². The lowest BCUT2D eigenvalue weighted by Crippen LogP contribution is -2.48. The molecular weight excluding hydrogens is 374 g/mol. The van der Waals surface area contributed by atoms with Crippen molar-refractivity contribution in [2.24, 2.45) is 0 Å². The first kappa shape index (κ1) is 20.4. The van der Waals surface area contributed by atoms with Gasteiger partial charge in [-0.2, -0.15) is 0 Å². The van der Waals surface area contributed by atoms with Crippen molar-refractivity contribution in [3.8, 4) is 0 Å². The molecule has 1 aromatic heterocycles. The number of benzene rings is 1. The number of anilines is 2. The number of carbonyl (C=O) groups excluding carboxylic acids is 2. The van der Waals surface area contributed by atoms with E-state index in [-0.39, 0.29) is 11.9 Å². The minimum atomic E-state index is -0.379. The molecule has 1 N–H and O–H groups in total. The summed E-state index contributed by atoms with van der Waals surface area (Å²) in [5.74, 6) is -0.476. The third-order valence-corrected chi connectivity index (χ3v) is 6.10. The topological polar surface area (TPSA) is 61.9 Å². The van der Waals surface area contributed by atoms with Crippen LogP contribution in [0.25, 0.3) is 0 Å². The molecule has 0 atom stereocenters. The molecule has 0 unspecified atom stereocenters. The van der Waals surface area contributed by atoms with Crippen molar-refractivity contribution in [2.45, 2.75) is 20.8 Å². The molecule has 0 spiro atoms. The van der Waals surface area contributed by atoms with Gasteiger partial charge < -0.3 is 15.0 Å². The number of para-hydroxylation sites is 1. The van der Waals surface area contributed by atoms with Crippen LogP contribution in [0.1, 0.15) is 27.7 Å². The molecule has 28 heavy (non-hydrogen) atoms. The average Bonchev–Trinajstić information content (AvgIpc) is 2.96. The zero-order valence-corrected chi connectivity index (χ0v) is 17.5. The molecule has 1 amide bonds. The quantitative estimate of drug-likeness (QED) is 0.753. The molecule has 1 aliphatic rings. The van der Waals surface area contributed by atoms with Crippen LogP contribution in [-0.4, -0.2) is 56.1 Å². The van der Waals surface area contributed by atoms with E-state index in [2.05, 4.69) is 27.2 Å². The van der Waals surface area contributed by atoms with E-state index in [9.17, 15) is 9.59 Å². The Bertz CT molecular complexity index is 827. The Balaban J connectivity index is 1.57. The lowest BCUT2D eigenvalue weighted by molar-refractivity contribution is -0.117. The standard InChI is InChI=1S/C21H27N3O3S/c1-4-27-21(26)19-15(2)16(3)28-20(19)22-18(25)14-23-10-12-24(13-11-23)17-8-6-5-7-9-17/h5-9H,4,10-14H2,1-3H3,(H,22,25). The number of ether oxygens (including phenoxy) is 1. The van der Waals surface area contributed by atoms with Gasteiger partial charge in [0.2, 0.25) is 5.91 Å². The summed E-state index contributed by atoms with van der Waals surface area (Å²) in [4.78, 5) is 30.3. The van der Waals surface area contributed by atoms with Crippen LogP contribution in [0.15, 0.2) is 30.3 Å². The highest BCUT2D eigenvalue weighted by Gasteiger charge is 2.24. The van der Waals surface area contributed by atoms with Gasteiger partial charge in [0, 0.05) is 36.7 Å². The summed E-state index contributed by atoms with van der Waals surface area (Å²) in [5, 5.41) is 3.51. The Morgan fingerprint density at radius 1 is 1.11 bits per heavy atom. The minimum absolute atomic E-state index is 0.0973. The SMILES string of the molecule is CCOC(=O)c1c(NC(=O)CN2CCN(c3ccccc3)CC2)sc(C)c1C. The first-order valence-electron chi connectivity index (χ1n) is 9.59. The summed E-state index contributed by atoms with van der Waals surface area (Å²) in [6.07, 6.45) is 0. The molecule has 0 bridgehead atoms. The van der Waals surface area contributed by atoms with Crippen LogP contribution in [0.4, 0.5) is 10.7 Å². The van der Waals surface area contributed by atoms with E-state index in [1.54, 1.807) is 6.92 Å². The zero-order valence-electron chi connectivity index (χ0n) is 16.7. The van der Waals surface area contributed by atoms with Gasteiger partial charge in [-0.25, -0.2) is 4.79 Å². The highest BCUT2D eigenvalue weighted by atomic mass is 32.1. The fourth-order valence-electron chi connectivity index (χ4n) is 3.34. The van der Waals surface area contributed by atoms with Gasteiger partial charge in [-0.3, -0.25) is 9.69 Å². The van der Waals surface area contributed by atoms with Crippen molar-refractivity contribution in [3.05, 3.63) is 46.3 Å². The summed E-state index contributed by atoms with van der Waals surface area (Å²) in [7, 11) is 0. The Labute approximate surface area is 170 Å². The van der Waals surface area contributed by atoms with Crippen molar-refractivity contribution in [1.29, 1.82) is 0 Å². The number of thiophene rings is 1. The maximum absolute atomic E-state index is 12.6. The van der Waals surface area contributed by atoms with Crippen molar-refractivity contribution in [1.82, 2.24) is 4.90 Å². The first-order valence-corrected chi connectivity index (χ1v) is 10.4. The number of aryl methyl sites for hydroxylation is 1. The fourth-order valence-corrected chi connectivity index (χ4v) is 4.40. The molecule has 1 aromatic carbocycles. The maximum atomic E-state index is 12.6. The van der Waals surface area contributed by atoms with E-state index in [0.717, 1.165) is 36.6 Å². The summed E-state index contributed by atoms with van der Waals surface area (Å²) >= 11 is 1.42. The van der Waals surface area contributed by atoms with Crippen LogP contribution in [0.2, 0.25) is 0 Å². The van der Waals surface area contributed by atoms with E-state index >= 15 is 0 Å². The van der Waals surface area contributed by atoms with E-state index in [4.69, 9.17) is 4.74 Å². The summed E-state index contributed by atoms with van der Waals surface area (Å²) in [6.45, 7) is 9.68. The number of piperazine rings is 1. The molecule has 2 aromatic rings. The average molecular weight is 402 g/mol. The molecule has 0 aliphatic carbocycles. The number of carbonyl (C=O) groups is 2. The Kier molecular flexibility index (Phi) is 6.70. The smallest absolute Gasteiger partial charge is 0.341 e. The van der Waals surface area contributed by atoms with Gasteiger partial charge >= 0.3 is 5.97 Å². The molecule has 7 heteroatoms. The second kappa shape index (κ2) is 9.21. The fraction of sp³-hybridized carbons (Fsp3) is 0.429. The number of nitrogens with one attached hydrogen (secondary N) is 1. The number of amides is 1. The van der Waals surface area contributed by atoms with Gasteiger partial charge in [-0.1, -0.05) is 18.2 Å². The molecule has 2 heterocycles. The summed E-state index contributed by atoms with van der Waals surface area (Å²) in [6, 6.07) is 10.3. The van der Waals surface area contributed by atoms with Crippen LogP contribution in [0.5, 0.6) is 0 Å². The predicted molar refractivity (Wildman–Crippen MR) is 113 cm³/mol. The van der Waals surface area contributed by atoms with Crippen LogP contribution in [-0.2, 0) is 9.53 Å².